The molecule has 0 bridgehead atoms. The van der Waals surface area contributed by atoms with Crippen molar-refractivity contribution in [3.63, 3.8) is 0 Å². The van der Waals surface area contributed by atoms with E-state index >= 15 is 0 Å². The Hall–Kier alpha value is -3.29. The van der Waals surface area contributed by atoms with E-state index in [4.69, 9.17) is 9.47 Å². The van der Waals surface area contributed by atoms with Crippen LogP contribution in [0.5, 0.6) is 11.5 Å². The largest absolute Gasteiger partial charge is 0.668 e. The molecule has 2 aromatic carbocycles. The SMILES string of the molecule is CC1[C+]=C(c2ccc(OCCCOc3ccc(C4=[C+]C(C)O[B-](F)(F)O4)cc3)cc2)O[B-](F)(F)O1. The summed E-state index contributed by atoms with van der Waals surface area (Å²) >= 11 is 0. The van der Waals surface area contributed by atoms with E-state index in [1.54, 1.807) is 48.5 Å². The molecular formula is C23H22B2F4O6. The fourth-order valence-electron chi connectivity index (χ4n) is 3.46. The number of halogens is 4. The Bertz CT molecular complexity index is 991. The van der Waals surface area contributed by atoms with Gasteiger partial charge in [-0.1, -0.05) is 0 Å². The van der Waals surface area contributed by atoms with Gasteiger partial charge in [0, 0.05) is 55.0 Å². The lowest BCUT2D eigenvalue weighted by Gasteiger charge is -2.29. The number of benzene rings is 2. The Morgan fingerprint density at radius 3 is 1.40 bits per heavy atom. The van der Waals surface area contributed by atoms with Crippen molar-refractivity contribution < 1.29 is 45.4 Å². The van der Waals surface area contributed by atoms with Crippen molar-refractivity contribution in [1.82, 2.24) is 0 Å². The minimum atomic E-state index is -4.36. The molecule has 0 fully saturated rings. The van der Waals surface area contributed by atoms with Gasteiger partial charge in [0.05, 0.1) is 13.2 Å². The summed E-state index contributed by atoms with van der Waals surface area (Å²) < 4.78 is 83.1. The van der Waals surface area contributed by atoms with Gasteiger partial charge in [-0.25, -0.2) is 0 Å². The molecule has 0 radical (unpaired) electrons. The third-order valence-electron chi connectivity index (χ3n) is 4.96. The van der Waals surface area contributed by atoms with Crippen LogP contribution in [0.2, 0.25) is 0 Å². The minimum absolute atomic E-state index is 0.0542. The highest BCUT2D eigenvalue weighted by atomic mass is 19.3. The summed E-state index contributed by atoms with van der Waals surface area (Å²) in [7, 11) is -8.73. The summed E-state index contributed by atoms with van der Waals surface area (Å²) in [4.78, 5) is 0. The van der Waals surface area contributed by atoms with Crippen LogP contribution in [0.25, 0.3) is 11.5 Å². The molecule has 0 N–H and O–H groups in total. The number of hydrogen-bond acceptors (Lipinski definition) is 6. The second-order valence-electron chi connectivity index (χ2n) is 7.91. The second-order valence-corrected chi connectivity index (χ2v) is 7.91. The van der Waals surface area contributed by atoms with Crippen molar-refractivity contribution in [2.24, 2.45) is 0 Å². The maximum Gasteiger partial charge on any atom is 0.668 e. The quantitative estimate of drug-likeness (QED) is 0.212. The van der Waals surface area contributed by atoms with Crippen LogP contribution in [-0.2, 0) is 18.6 Å². The van der Waals surface area contributed by atoms with Crippen LogP contribution in [0.3, 0.4) is 0 Å². The predicted octanol–water partition coefficient (Wildman–Crippen LogP) is 5.44. The second kappa shape index (κ2) is 10.1. The van der Waals surface area contributed by atoms with E-state index in [0.29, 0.717) is 42.3 Å². The van der Waals surface area contributed by atoms with Gasteiger partial charge in [0.1, 0.15) is 23.7 Å². The van der Waals surface area contributed by atoms with Gasteiger partial charge in [-0.3, -0.25) is 0 Å². The molecule has 0 aliphatic carbocycles. The first-order valence-corrected chi connectivity index (χ1v) is 11.1. The molecule has 184 valence electrons. The van der Waals surface area contributed by atoms with E-state index in [2.05, 4.69) is 30.8 Å². The molecule has 2 heterocycles. The number of ether oxygens (including phenoxy) is 2. The predicted molar refractivity (Wildman–Crippen MR) is 121 cm³/mol. The van der Waals surface area contributed by atoms with Crippen molar-refractivity contribution in [2.45, 2.75) is 32.5 Å². The van der Waals surface area contributed by atoms with E-state index in [1.165, 1.54) is 13.8 Å². The Kier molecular flexibility index (Phi) is 7.19. The summed E-state index contributed by atoms with van der Waals surface area (Å²) in [6.07, 6.45) is 4.24. The van der Waals surface area contributed by atoms with Crippen molar-refractivity contribution in [3.8, 4) is 11.5 Å². The van der Waals surface area contributed by atoms with Crippen molar-refractivity contribution in [1.29, 1.82) is 0 Å². The van der Waals surface area contributed by atoms with Crippen LogP contribution in [0.4, 0.5) is 17.3 Å². The van der Waals surface area contributed by atoms with Gasteiger partial charge >= 0.3 is 25.7 Å². The van der Waals surface area contributed by atoms with Crippen LogP contribution < -0.4 is 9.47 Å². The highest BCUT2D eigenvalue weighted by molar-refractivity contribution is 6.53. The van der Waals surface area contributed by atoms with E-state index in [0.717, 1.165) is 0 Å². The summed E-state index contributed by atoms with van der Waals surface area (Å²) in [5.74, 6) is 1.01. The highest BCUT2D eigenvalue weighted by Gasteiger charge is 2.42. The molecular weight excluding hydrogens is 470 g/mol. The third-order valence-corrected chi connectivity index (χ3v) is 4.96. The molecule has 0 saturated carbocycles. The normalized spacial score (nSPS) is 22.3. The lowest BCUT2D eigenvalue weighted by molar-refractivity contribution is 0.0892. The van der Waals surface area contributed by atoms with Crippen molar-refractivity contribution in [3.05, 3.63) is 71.8 Å². The zero-order valence-electron chi connectivity index (χ0n) is 19.0. The van der Waals surface area contributed by atoms with Crippen LogP contribution in [0.1, 0.15) is 31.4 Å². The fourth-order valence-corrected chi connectivity index (χ4v) is 3.46. The zero-order chi connectivity index (χ0) is 25.1. The van der Waals surface area contributed by atoms with Gasteiger partial charge in [-0.15, -0.1) is 0 Å². The van der Waals surface area contributed by atoms with Crippen LogP contribution in [0, 0.1) is 12.2 Å². The molecule has 2 aromatic rings. The van der Waals surface area contributed by atoms with Gasteiger partial charge < -0.3 is 45.4 Å². The molecule has 0 spiro atoms. The minimum Gasteiger partial charge on any atom is -0.601 e. The average molecular weight is 492 g/mol. The molecule has 2 aliphatic heterocycles. The lowest BCUT2D eigenvalue weighted by atomic mass is 10.1. The molecule has 6 nitrogen and oxygen atoms in total. The van der Waals surface area contributed by atoms with Crippen LogP contribution in [0.15, 0.2) is 48.5 Å². The Balaban J connectivity index is 1.21. The van der Waals surface area contributed by atoms with Crippen molar-refractivity contribution in [2.75, 3.05) is 13.2 Å². The number of rotatable bonds is 8. The first-order chi connectivity index (χ1) is 16.6. The zero-order valence-corrected chi connectivity index (χ0v) is 19.0. The average Bonchev–Trinajstić information content (AvgIpc) is 2.77. The van der Waals surface area contributed by atoms with E-state index < -0.39 is 26.4 Å². The molecule has 0 aromatic heterocycles. The molecule has 35 heavy (non-hydrogen) atoms. The first kappa shape index (κ1) is 24.8. The fraction of sp³-hybridized carbons (Fsp3) is 0.304. The lowest BCUT2D eigenvalue weighted by Crippen LogP contribution is -2.38. The van der Waals surface area contributed by atoms with Crippen LogP contribution in [-0.4, -0.2) is 39.6 Å². The molecule has 12 heteroatoms. The maximum absolute atomic E-state index is 13.5. The Labute approximate surface area is 200 Å². The third kappa shape index (κ3) is 6.87. The summed E-state index contributed by atoms with van der Waals surface area (Å²) in [5.41, 5.74) is 0.888. The van der Waals surface area contributed by atoms with E-state index in [9.17, 15) is 17.3 Å². The van der Waals surface area contributed by atoms with Crippen molar-refractivity contribution >= 4 is 25.7 Å². The summed E-state index contributed by atoms with van der Waals surface area (Å²) in [6.45, 7) is 3.65. The molecule has 2 atom stereocenters. The topological polar surface area (TPSA) is 55.4 Å². The van der Waals surface area contributed by atoms with Gasteiger partial charge in [0.25, 0.3) is 0 Å². The molecule has 0 saturated heterocycles. The van der Waals surface area contributed by atoms with E-state index in [-0.39, 0.29) is 11.5 Å². The van der Waals surface area contributed by atoms with Gasteiger partial charge in [-0.05, 0) is 13.8 Å². The maximum atomic E-state index is 13.5. The smallest absolute Gasteiger partial charge is 0.601 e. The Morgan fingerprint density at radius 1 is 0.686 bits per heavy atom. The highest BCUT2D eigenvalue weighted by Crippen LogP contribution is 2.31. The Morgan fingerprint density at radius 2 is 1.06 bits per heavy atom. The molecule has 0 amide bonds. The van der Waals surface area contributed by atoms with Gasteiger partial charge in [-0.2, -0.15) is 0 Å². The van der Waals surface area contributed by atoms with E-state index in [1.807, 2.05) is 0 Å². The van der Waals surface area contributed by atoms with Crippen LogP contribution >= 0.6 is 0 Å². The molecule has 2 aliphatic rings. The first-order valence-electron chi connectivity index (χ1n) is 11.1. The number of hydrogen-bond donors (Lipinski definition) is 0. The van der Waals surface area contributed by atoms with Gasteiger partial charge in [0.2, 0.25) is 0 Å². The monoisotopic (exact) mass is 492 g/mol. The summed E-state index contributed by atoms with van der Waals surface area (Å²) in [5, 5.41) is 0. The molecule has 2 unspecified atom stereocenters. The van der Waals surface area contributed by atoms with Gasteiger partial charge in [0.15, 0.2) is 23.3 Å². The summed E-state index contributed by atoms with van der Waals surface area (Å²) in [6, 6.07) is 13.0. The molecule has 4 rings (SSSR count). The standard InChI is InChI=1S/C23H22B2F4O6/c1-16-14-22(34-24(26,27)32-16)18-4-8-20(9-5-18)30-12-3-13-31-21-10-6-19(7-11-21)23-15-17(2)33-25(28,29)35-23/h4-11,16-17H,3,12-13H2,1-2H3.